The lowest BCUT2D eigenvalue weighted by Gasteiger charge is -2.22. The maximum atomic E-state index is 13.8. The molecule has 0 aromatic heterocycles. The molecule has 0 heterocycles. The summed E-state index contributed by atoms with van der Waals surface area (Å²) in [7, 11) is 0. The number of hydrogen-bond acceptors (Lipinski definition) is 1. The van der Waals surface area contributed by atoms with E-state index >= 15 is 0 Å². The Morgan fingerprint density at radius 1 is 1.10 bits per heavy atom. The third-order valence-electron chi connectivity index (χ3n) is 3.61. The molecule has 0 saturated heterocycles. The molecule has 0 aliphatic heterocycles. The summed E-state index contributed by atoms with van der Waals surface area (Å²) in [5.74, 6) is -0.383. The van der Waals surface area contributed by atoms with Gasteiger partial charge in [0, 0.05) is 22.9 Å². The number of aliphatic hydroxyl groups is 1. The van der Waals surface area contributed by atoms with Gasteiger partial charge in [0.05, 0.1) is 6.10 Å². The van der Waals surface area contributed by atoms with Crippen LogP contribution in [0.5, 0.6) is 0 Å². The first kappa shape index (κ1) is 15.0. The van der Waals surface area contributed by atoms with E-state index in [1.165, 1.54) is 6.07 Å². The molecule has 0 aliphatic rings. The van der Waals surface area contributed by atoms with Gasteiger partial charge in [-0.25, -0.2) is 4.39 Å². The van der Waals surface area contributed by atoms with Crippen molar-refractivity contribution >= 4 is 11.6 Å². The van der Waals surface area contributed by atoms with Gasteiger partial charge in [-0.15, -0.1) is 0 Å². The minimum atomic E-state index is -0.656. The van der Waals surface area contributed by atoms with Crippen molar-refractivity contribution in [1.82, 2.24) is 0 Å². The molecule has 0 fully saturated rings. The number of halogens is 2. The maximum Gasteiger partial charge on any atom is 0.127 e. The second kappa shape index (κ2) is 6.87. The van der Waals surface area contributed by atoms with Crippen LogP contribution in [0.1, 0.15) is 30.4 Å². The molecule has 20 heavy (non-hydrogen) atoms. The van der Waals surface area contributed by atoms with E-state index in [1.807, 2.05) is 37.3 Å². The molecule has 1 nitrogen and oxygen atoms in total. The van der Waals surface area contributed by atoms with Crippen molar-refractivity contribution in [2.24, 2.45) is 0 Å². The topological polar surface area (TPSA) is 20.2 Å². The molecule has 0 aliphatic carbocycles. The fraction of sp³-hybridized carbons (Fsp3) is 0.294. The van der Waals surface area contributed by atoms with Crippen molar-refractivity contribution in [2.45, 2.75) is 31.8 Å². The van der Waals surface area contributed by atoms with Gasteiger partial charge in [-0.2, -0.15) is 0 Å². The maximum absolute atomic E-state index is 13.8. The Morgan fingerprint density at radius 3 is 2.40 bits per heavy atom. The predicted octanol–water partition coefficient (Wildman–Crippen LogP) is 4.58. The molecular weight excluding hydrogens is 275 g/mol. The fourth-order valence-corrected chi connectivity index (χ4v) is 2.75. The van der Waals surface area contributed by atoms with E-state index in [9.17, 15) is 9.50 Å². The highest BCUT2D eigenvalue weighted by molar-refractivity contribution is 6.31. The van der Waals surface area contributed by atoms with E-state index in [2.05, 4.69) is 0 Å². The standard InChI is InChI=1S/C17H18ClFO/c1-2-13(12-7-4-3-5-8-12)17(20)11-14-15(18)9-6-10-16(14)19/h3-10,13,17,20H,2,11H2,1H3. The molecule has 2 unspecified atom stereocenters. The zero-order valence-corrected chi connectivity index (χ0v) is 12.1. The van der Waals surface area contributed by atoms with Gasteiger partial charge in [-0.3, -0.25) is 0 Å². The summed E-state index contributed by atoms with van der Waals surface area (Å²) < 4.78 is 13.8. The Balaban J connectivity index is 2.20. The van der Waals surface area contributed by atoms with E-state index in [0.29, 0.717) is 10.6 Å². The Hall–Kier alpha value is -1.38. The molecule has 0 amide bonds. The van der Waals surface area contributed by atoms with Crippen LogP contribution in [0.15, 0.2) is 48.5 Å². The normalized spacial score (nSPS) is 14.0. The molecule has 0 saturated carbocycles. The summed E-state index contributed by atoms with van der Waals surface area (Å²) in [4.78, 5) is 0. The van der Waals surface area contributed by atoms with Crippen LogP contribution in [0.4, 0.5) is 4.39 Å². The Morgan fingerprint density at radius 2 is 1.80 bits per heavy atom. The SMILES string of the molecule is CCC(c1ccccc1)C(O)Cc1c(F)cccc1Cl. The average molecular weight is 293 g/mol. The third kappa shape index (κ3) is 3.38. The van der Waals surface area contributed by atoms with Crippen molar-refractivity contribution in [2.75, 3.05) is 0 Å². The third-order valence-corrected chi connectivity index (χ3v) is 3.96. The van der Waals surface area contributed by atoms with Gasteiger partial charge in [0.15, 0.2) is 0 Å². The number of aliphatic hydroxyl groups excluding tert-OH is 1. The molecule has 0 radical (unpaired) electrons. The van der Waals surface area contributed by atoms with E-state index in [4.69, 9.17) is 11.6 Å². The van der Waals surface area contributed by atoms with Gasteiger partial charge in [0.25, 0.3) is 0 Å². The van der Waals surface area contributed by atoms with E-state index in [1.54, 1.807) is 12.1 Å². The van der Waals surface area contributed by atoms with Gasteiger partial charge in [0.1, 0.15) is 5.82 Å². The monoisotopic (exact) mass is 292 g/mol. The summed E-state index contributed by atoms with van der Waals surface area (Å²) in [6.07, 6.45) is 0.354. The summed E-state index contributed by atoms with van der Waals surface area (Å²) in [5.41, 5.74) is 1.45. The summed E-state index contributed by atoms with van der Waals surface area (Å²) >= 11 is 6.02. The zero-order valence-electron chi connectivity index (χ0n) is 11.4. The van der Waals surface area contributed by atoms with Crippen LogP contribution < -0.4 is 0 Å². The van der Waals surface area contributed by atoms with Gasteiger partial charge < -0.3 is 5.11 Å². The highest BCUT2D eigenvalue weighted by Gasteiger charge is 2.22. The van der Waals surface area contributed by atoms with Crippen LogP contribution in [-0.2, 0) is 6.42 Å². The molecule has 0 spiro atoms. The van der Waals surface area contributed by atoms with Crippen LogP contribution in [0.2, 0.25) is 5.02 Å². The highest BCUT2D eigenvalue weighted by atomic mass is 35.5. The van der Waals surface area contributed by atoms with Gasteiger partial charge >= 0.3 is 0 Å². The summed E-state index contributed by atoms with van der Waals surface area (Å²) in [6, 6.07) is 14.4. The van der Waals surface area contributed by atoms with Crippen molar-refractivity contribution in [3.05, 3.63) is 70.5 Å². The lowest BCUT2D eigenvalue weighted by atomic mass is 9.87. The summed E-state index contributed by atoms with van der Waals surface area (Å²) in [5, 5.41) is 10.8. The number of benzene rings is 2. The molecule has 2 aromatic rings. The molecule has 0 bridgehead atoms. The Labute approximate surface area is 124 Å². The van der Waals surface area contributed by atoms with Crippen LogP contribution in [0.25, 0.3) is 0 Å². The van der Waals surface area contributed by atoms with Gasteiger partial charge in [-0.05, 0) is 24.1 Å². The van der Waals surface area contributed by atoms with Crippen molar-refractivity contribution in [1.29, 1.82) is 0 Å². The fourth-order valence-electron chi connectivity index (χ4n) is 2.51. The first-order valence-corrected chi connectivity index (χ1v) is 7.17. The number of rotatable bonds is 5. The molecular formula is C17H18ClFO. The van der Waals surface area contributed by atoms with E-state index in [0.717, 1.165) is 12.0 Å². The Kier molecular flexibility index (Phi) is 5.16. The van der Waals surface area contributed by atoms with E-state index < -0.39 is 6.10 Å². The molecule has 2 atom stereocenters. The molecule has 2 aromatic carbocycles. The first-order chi connectivity index (χ1) is 9.63. The second-order valence-corrected chi connectivity index (χ2v) is 5.30. The Bertz CT molecular complexity index is 536. The molecule has 1 N–H and O–H groups in total. The van der Waals surface area contributed by atoms with Crippen molar-refractivity contribution in [3.63, 3.8) is 0 Å². The minimum Gasteiger partial charge on any atom is -0.392 e. The van der Waals surface area contributed by atoms with Crippen LogP contribution in [-0.4, -0.2) is 11.2 Å². The smallest absolute Gasteiger partial charge is 0.127 e. The molecule has 106 valence electrons. The number of hydrogen-bond donors (Lipinski definition) is 1. The lowest BCUT2D eigenvalue weighted by Crippen LogP contribution is -2.21. The van der Waals surface area contributed by atoms with Gasteiger partial charge in [-0.1, -0.05) is 54.9 Å². The zero-order chi connectivity index (χ0) is 14.5. The highest BCUT2D eigenvalue weighted by Crippen LogP contribution is 2.28. The largest absolute Gasteiger partial charge is 0.392 e. The van der Waals surface area contributed by atoms with Crippen molar-refractivity contribution < 1.29 is 9.50 Å². The van der Waals surface area contributed by atoms with Crippen LogP contribution >= 0.6 is 11.6 Å². The van der Waals surface area contributed by atoms with Gasteiger partial charge in [0.2, 0.25) is 0 Å². The molecule has 2 rings (SSSR count). The minimum absolute atomic E-state index is 0.0214. The van der Waals surface area contributed by atoms with Crippen LogP contribution in [0, 0.1) is 5.82 Å². The molecule has 3 heteroatoms. The van der Waals surface area contributed by atoms with Crippen LogP contribution in [0.3, 0.4) is 0 Å². The first-order valence-electron chi connectivity index (χ1n) is 6.79. The predicted molar refractivity (Wildman–Crippen MR) is 80.6 cm³/mol. The lowest BCUT2D eigenvalue weighted by molar-refractivity contribution is 0.140. The van der Waals surface area contributed by atoms with E-state index in [-0.39, 0.29) is 18.2 Å². The average Bonchev–Trinajstić information content (AvgIpc) is 2.45. The quantitative estimate of drug-likeness (QED) is 0.855. The second-order valence-electron chi connectivity index (χ2n) is 4.90. The summed E-state index contributed by atoms with van der Waals surface area (Å²) in [6.45, 7) is 2.02. The van der Waals surface area contributed by atoms with Crippen molar-refractivity contribution in [3.8, 4) is 0 Å².